The van der Waals surface area contributed by atoms with E-state index in [1.807, 2.05) is 14.2 Å². The second-order valence-corrected chi connectivity index (χ2v) is 7.90. The highest BCUT2D eigenvalue weighted by Crippen LogP contribution is 2.47. The van der Waals surface area contributed by atoms with Crippen molar-refractivity contribution in [2.75, 3.05) is 14.2 Å². The lowest BCUT2D eigenvalue weighted by atomic mass is 9.76. The molecule has 0 heterocycles. The molecule has 0 aromatic carbocycles. The summed E-state index contributed by atoms with van der Waals surface area (Å²) in [7, 11) is 3.73. The van der Waals surface area contributed by atoms with E-state index in [1.54, 1.807) is 0 Å². The van der Waals surface area contributed by atoms with E-state index < -0.39 is 5.79 Å². The van der Waals surface area contributed by atoms with E-state index in [0.29, 0.717) is 5.92 Å². The van der Waals surface area contributed by atoms with E-state index in [1.165, 1.54) is 89.0 Å². The number of methoxy groups -OCH3 is 2. The molecule has 2 nitrogen and oxygen atoms in total. The SMILES string of the molecule is CCCCCCCCC(C1CCCC1)C(OC)(OC)C1=CCCC1. The topological polar surface area (TPSA) is 18.5 Å². The van der Waals surface area contributed by atoms with Crippen LogP contribution >= 0.6 is 0 Å². The predicted molar refractivity (Wildman–Crippen MR) is 102 cm³/mol. The van der Waals surface area contributed by atoms with Crippen molar-refractivity contribution in [2.24, 2.45) is 11.8 Å². The molecule has 0 amide bonds. The summed E-state index contributed by atoms with van der Waals surface area (Å²) < 4.78 is 12.3. The van der Waals surface area contributed by atoms with Crippen molar-refractivity contribution >= 4 is 0 Å². The number of hydrogen-bond donors (Lipinski definition) is 0. The van der Waals surface area contributed by atoms with Gasteiger partial charge in [0.1, 0.15) is 0 Å². The van der Waals surface area contributed by atoms with Gasteiger partial charge < -0.3 is 9.47 Å². The molecule has 2 aliphatic carbocycles. The summed E-state index contributed by atoms with van der Waals surface area (Å²) >= 11 is 0. The zero-order valence-corrected chi connectivity index (χ0v) is 16.4. The van der Waals surface area contributed by atoms with Crippen LogP contribution in [-0.2, 0) is 9.47 Å². The maximum atomic E-state index is 6.15. The normalized spacial score (nSPS) is 20.5. The molecular formula is C22H40O2. The average Bonchev–Trinajstić information content (AvgIpc) is 3.31. The van der Waals surface area contributed by atoms with Gasteiger partial charge in [-0.25, -0.2) is 0 Å². The minimum absolute atomic E-state index is 0.449. The van der Waals surface area contributed by atoms with Crippen LogP contribution in [0.1, 0.15) is 96.8 Å². The molecule has 2 heteroatoms. The lowest BCUT2D eigenvalue weighted by molar-refractivity contribution is -0.225. The molecule has 0 saturated heterocycles. The first kappa shape index (κ1) is 20.0. The van der Waals surface area contributed by atoms with Gasteiger partial charge in [0.05, 0.1) is 0 Å². The van der Waals surface area contributed by atoms with Gasteiger partial charge in [0.2, 0.25) is 0 Å². The number of allylic oxidation sites excluding steroid dienone is 1. The Kier molecular flexibility index (Phi) is 8.83. The lowest BCUT2D eigenvalue weighted by Crippen LogP contribution is -2.46. The molecule has 1 unspecified atom stereocenters. The zero-order chi connectivity index (χ0) is 17.3. The first-order valence-electron chi connectivity index (χ1n) is 10.6. The summed E-state index contributed by atoms with van der Waals surface area (Å²) in [5.74, 6) is 0.863. The minimum Gasteiger partial charge on any atom is -0.349 e. The van der Waals surface area contributed by atoms with Crippen molar-refractivity contribution in [3.05, 3.63) is 11.6 Å². The Balaban J connectivity index is 2.02. The molecule has 0 aliphatic heterocycles. The lowest BCUT2D eigenvalue weighted by Gasteiger charge is -2.43. The highest BCUT2D eigenvalue weighted by Gasteiger charge is 2.46. The molecule has 140 valence electrons. The molecule has 0 aromatic rings. The molecular weight excluding hydrogens is 296 g/mol. The summed E-state index contributed by atoms with van der Waals surface area (Å²) in [5.41, 5.74) is 1.43. The van der Waals surface area contributed by atoms with Crippen molar-refractivity contribution in [3.63, 3.8) is 0 Å². The highest BCUT2D eigenvalue weighted by atomic mass is 16.7. The van der Waals surface area contributed by atoms with Gasteiger partial charge in [0.25, 0.3) is 0 Å². The van der Waals surface area contributed by atoms with Crippen LogP contribution in [0.3, 0.4) is 0 Å². The molecule has 1 atom stereocenters. The number of hydrogen-bond acceptors (Lipinski definition) is 2. The van der Waals surface area contributed by atoms with Gasteiger partial charge in [-0.2, -0.15) is 0 Å². The first-order valence-corrected chi connectivity index (χ1v) is 10.6. The van der Waals surface area contributed by atoms with Gasteiger partial charge in [-0.3, -0.25) is 0 Å². The molecule has 1 fully saturated rings. The third kappa shape index (κ3) is 4.85. The Morgan fingerprint density at radius 1 is 1.00 bits per heavy atom. The maximum Gasteiger partial charge on any atom is 0.193 e. The maximum absolute atomic E-state index is 6.15. The van der Waals surface area contributed by atoms with Crippen LogP contribution in [0, 0.1) is 11.8 Å². The Bertz CT molecular complexity index is 364. The van der Waals surface area contributed by atoms with Crippen molar-refractivity contribution in [3.8, 4) is 0 Å². The Morgan fingerprint density at radius 3 is 2.25 bits per heavy atom. The third-order valence-corrected chi connectivity index (χ3v) is 6.42. The quantitative estimate of drug-likeness (QED) is 0.226. The van der Waals surface area contributed by atoms with Crippen molar-refractivity contribution in [2.45, 2.75) is 103 Å². The van der Waals surface area contributed by atoms with Crippen molar-refractivity contribution in [1.82, 2.24) is 0 Å². The molecule has 0 aromatic heterocycles. The van der Waals surface area contributed by atoms with Gasteiger partial charge in [-0.15, -0.1) is 0 Å². The molecule has 0 bridgehead atoms. The third-order valence-electron chi connectivity index (χ3n) is 6.42. The van der Waals surface area contributed by atoms with Gasteiger partial charge >= 0.3 is 0 Å². The average molecular weight is 337 g/mol. The van der Waals surface area contributed by atoms with Crippen LogP contribution in [0.2, 0.25) is 0 Å². The van der Waals surface area contributed by atoms with Crippen LogP contribution in [-0.4, -0.2) is 20.0 Å². The largest absolute Gasteiger partial charge is 0.349 e. The molecule has 0 N–H and O–H groups in total. The van der Waals surface area contributed by atoms with Crippen LogP contribution in [0.4, 0.5) is 0 Å². The number of ether oxygens (including phenoxy) is 2. The second kappa shape index (κ2) is 10.6. The Labute approximate surface area is 150 Å². The molecule has 2 aliphatic rings. The van der Waals surface area contributed by atoms with Crippen molar-refractivity contribution < 1.29 is 9.47 Å². The van der Waals surface area contributed by atoms with Gasteiger partial charge in [0, 0.05) is 20.1 Å². The van der Waals surface area contributed by atoms with E-state index >= 15 is 0 Å². The Morgan fingerprint density at radius 2 is 1.67 bits per heavy atom. The monoisotopic (exact) mass is 336 g/mol. The van der Waals surface area contributed by atoms with Gasteiger partial charge in [-0.1, -0.05) is 64.4 Å². The summed E-state index contributed by atoms with van der Waals surface area (Å²) in [4.78, 5) is 0. The van der Waals surface area contributed by atoms with Crippen LogP contribution in [0.15, 0.2) is 11.6 Å². The van der Waals surface area contributed by atoms with E-state index in [4.69, 9.17) is 9.47 Å². The summed E-state index contributed by atoms with van der Waals surface area (Å²) in [6, 6.07) is 0. The van der Waals surface area contributed by atoms with Crippen LogP contribution < -0.4 is 0 Å². The molecule has 0 radical (unpaired) electrons. The van der Waals surface area contributed by atoms with Crippen LogP contribution in [0.25, 0.3) is 0 Å². The first-order chi connectivity index (χ1) is 11.8. The zero-order valence-electron chi connectivity index (χ0n) is 16.4. The van der Waals surface area contributed by atoms with E-state index in [-0.39, 0.29) is 0 Å². The predicted octanol–water partition coefficient (Wildman–Crippen LogP) is 6.64. The molecule has 24 heavy (non-hydrogen) atoms. The van der Waals surface area contributed by atoms with Crippen molar-refractivity contribution in [1.29, 1.82) is 0 Å². The van der Waals surface area contributed by atoms with E-state index in [0.717, 1.165) is 12.3 Å². The molecule has 0 spiro atoms. The fourth-order valence-electron chi connectivity index (χ4n) is 5.11. The molecule has 2 rings (SSSR count). The summed E-state index contributed by atoms with van der Waals surface area (Å²) in [5, 5.41) is 0. The second-order valence-electron chi connectivity index (χ2n) is 7.90. The van der Waals surface area contributed by atoms with Crippen LogP contribution in [0.5, 0.6) is 0 Å². The summed E-state index contributed by atoms with van der Waals surface area (Å²) in [6.45, 7) is 2.29. The van der Waals surface area contributed by atoms with Gasteiger partial charge in [0.15, 0.2) is 5.79 Å². The minimum atomic E-state index is -0.449. The number of unbranched alkanes of at least 4 members (excludes halogenated alkanes) is 5. The fraction of sp³-hybridized carbons (Fsp3) is 0.909. The fourth-order valence-corrected chi connectivity index (χ4v) is 5.11. The Hall–Kier alpha value is -0.340. The standard InChI is InChI=1S/C22H40O2/c1-4-5-6-7-8-9-18-21(19-14-10-11-15-19)22(23-2,24-3)20-16-12-13-17-20/h16,19,21H,4-15,17-18H2,1-3H3. The van der Waals surface area contributed by atoms with E-state index in [2.05, 4.69) is 13.0 Å². The smallest absolute Gasteiger partial charge is 0.193 e. The van der Waals surface area contributed by atoms with E-state index in [9.17, 15) is 0 Å². The highest BCUT2D eigenvalue weighted by molar-refractivity contribution is 5.20. The number of rotatable bonds is 12. The van der Waals surface area contributed by atoms with Gasteiger partial charge in [-0.05, 0) is 50.0 Å². The summed E-state index contributed by atoms with van der Waals surface area (Å²) in [6.07, 6.45) is 21.0. The molecule has 1 saturated carbocycles.